The number of benzene rings is 3. The summed E-state index contributed by atoms with van der Waals surface area (Å²) in [6.07, 6.45) is -0.830. The number of carboxylic acids is 1. The Kier molecular flexibility index (Phi) is 7.10. The van der Waals surface area contributed by atoms with E-state index in [1.165, 1.54) is 0 Å². The van der Waals surface area contributed by atoms with Crippen molar-refractivity contribution in [2.45, 2.75) is 44.8 Å². The first kappa shape index (κ1) is 25.0. The van der Waals surface area contributed by atoms with Gasteiger partial charge < -0.3 is 19.9 Å². The van der Waals surface area contributed by atoms with E-state index >= 15 is 0 Å². The predicted molar refractivity (Wildman–Crippen MR) is 135 cm³/mol. The van der Waals surface area contributed by atoms with Gasteiger partial charge in [-0.3, -0.25) is 0 Å². The van der Waals surface area contributed by atoms with Gasteiger partial charge in [0.25, 0.3) is 0 Å². The van der Waals surface area contributed by atoms with Gasteiger partial charge in [0, 0.05) is 12.3 Å². The Hall–Kier alpha value is -4.13. The number of esters is 1. The van der Waals surface area contributed by atoms with Gasteiger partial charge in [-0.05, 0) is 60.7 Å². The molecule has 1 atom stereocenters. The van der Waals surface area contributed by atoms with Crippen LogP contribution in [0.1, 0.15) is 53.7 Å². The van der Waals surface area contributed by atoms with Crippen molar-refractivity contribution >= 4 is 18.0 Å². The van der Waals surface area contributed by atoms with Crippen LogP contribution >= 0.6 is 0 Å². The highest BCUT2D eigenvalue weighted by atomic mass is 16.6. The largest absolute Gasteiger partial charge is 0.480 e. The number of carboxylic acid groups (broad SMARTS) is 1. The molecule has 7 nitrogen and oxygen atoms in total. The van der Waals surface area contributed by atoms with Gasteiger partial charge >= 0.3 is 18.0 Å². The highest BCUT2D eigenvalue weighted by molar-refractivity contribution is 5.90. The molecule has 0 fully saturated rings. The molecule has 4 rings (SSSR count). The summed E-state index contributed by atoms with van der Waals surface area (Å²) in [5.41, 5.74) is 4.59. The van der Waals surface area contributed by atoms with Crippen LogP contribution in [-0.2, 0) is 20.7 Å². The molecule has 2 N–H and O–H groups in total. The fourth-order valence-corrected chi connectivity index (χ4v) is 4.38. The Morgan fingerprint density at radius 2 is 1.53 bits per heavy atom. The van der Waals surface area contributed by atoms with Crippen molar-refractivity contribution in [1.29, 1.82) is 0 Å². The molecule has 0 spiro atoms. The fourth-order valence-electron chi connectivity index (χ4n) is 4.38. The summed E-state index contributed by atoms with van der Waals surface area (Å²) in [6, 6.07) is 21.3. The summed E-state index contributed by atoms with van der Waals surface area (Å²) in [4.78, 5) is 36.8. The van der Waals surface area contributed by atoms with Gasteiger partial charge in [0.05, 0.1) is 5.56 Å². The van der Waals surface area contributed by atoms with Crippen molar-refractivity contribution in [3.8, 4) is 11.1 Å². The van der Waals surface area contributed by atoms with Crippen LogP contribution in [0.4, 0.5) is 4.79 Å². The average Bonchev–Trinajstić information content (AvgIpc) is 3.15. The maximum absolute atomic E-state index is 12.6. The molecule has 0 saturated carbocycles. The molecule has 7 heteroatoms. The van der Waals surface area contributed by atoms with E-state index in [1.54, 1.807) is 45.0 Å². The van der Waals surface area contributed by atoms with Crippen LogP contribution in [0.15, 0.2) is 72.8 Å². The number of rotatable bonds is 7. The minimum Gasteiger partial charge on any atom is -0.480 e. The first-order valence-corrected chi connectivity index (χ1v) is 11.8. The molecule has 0 heterocycles. The summed E-state index contributed by atoms with van der Waals surface area (Å²) in [5.74, 6) is -1.83. The van der Waals surface area contributed by atoms with Gasteiger partial charge in [-0.25, -0.2) is 14.4 Å². The number of fused-ring (bicyclic) bond motifs is 3. The molecular weight excluding hydrogens is 458 g/mol. The topological polar surface area (TPSA) is 102 Å². The smallest absolute Gasteiger partial charge is 0.407 e. The van der Waals surface area contributed by atoms with E-state index in [0.717, 1.165) is 22.3 Å². The zero-order valence-electron chi connectivity index (χ0n) is 20.5. The molecule has 36 heavy (non-hydrogen) atoms. The molecule has 0 aliphatic heterocycles. The first-order valence-electron chi connectivity index (χ1n) is 11.8. The van der Waals surface area contributed by atoms with Crippen LogP contribution in [0.2, 0.25) is 0 Å². The molecule has 0 saturated heterocycles. The summed E-state index contributed by atoms with van der Waals surface area (Å²) in [5, 5.41) is 12.1. The molecule has 1 amide bonds. The molecule has 1 aliphatic rings. The number of ether oxygens (including phenoxy) is 2. The quantitative estimate of drug-likeness (QED) is 0.446. The molecule has 0 unspecified atom stereocenters. The standard InChI is InChI=1S/C29H29NO6/c1-29(2,3)36-27(33)19-10-8-9-18(15-19)16-25(26(31)32)30-28(34)35-17-24-22-13-6-4-11-20(22)21-12-5-7-14-23(21)24/h4-15,24-25H,16-17H2,1-3H3,(H,30,34)(H,31,32)/t25-/m0/s1. The maximum Gasteiger partial charge on any atom is 0.407 e. The van der Waals surface area contributed by atoms with Crippen LogP contribution in [0, 0.1) is 0 Å². The van der Waals surface area contributed by atoms with Gasteiger partial charge in [-0.15, -0.1) is 0 Å². The van der Waals surface area contributed by atoms with Crippen LogP contribution in [0.3, 0.4) is 0 Å². The second kappa shape index (κ2) is 10.2. The number of carbonyl (C=O) groups is 3. The molecule has 0 aromatic heterocycles. The number of amides is 1. The number of hydrogen-bond acceptors (Lipinski definition) is 5. The van der Waals surface area contributed by atoms with E-state index in [4.69, 9.17) is 9.47 Å². The summed E-state index contributed by atoms with van der Waals surface area (Å²) >= 11 is 0. The minimum atomic E-state index is -1.23. The van der Waals surface area contributed by atoms with Gasteiger partial charge in [0.15, 0.2) is 0 Å². The lowest BCUT2D eigenvalue weighted by Gasteiger charge is -2.20. The van der Waals surface area contributed by atoms with E-state index in [0.29, 0.717) is 11.1 Å². The predicted octanol–water partition coefficient (Wildman–Crippen LogP) is 5.18. The summed E-state index contributed by atoms with van der Waals surface area (Å²) < 4.78 is 10.9. The highest BCUT2D eigenvalue weighted by Crippen LogP contribution is 2.44. The third kappa shape index (κ3) is 5.74. The molecule has 0 radical (unpaired) electrons. The summed E-state index contributed by atoms with van der Waals surface area (Å²) in [7, 11) is 0. The molecule has 0 bridgehead atoms. The fraction of sp³-hybridized carbons (Fsp3) is 0.276. The second-order valence-electron chi connectivity index (χ2n) is 9.77. The van der Waals surface area contributed by atoms with Crippen molar-refractivity contribution in [1.82, 2.24) is 5.32 Å². The zero-order valence-corrected chi connectivity index (χ0v) is 20.5. The van der Waals surface area contributed by atoms with Crippen LogP contribution in [0.5, 0.6) is 0 Å². The van der Waals surface area contributed by atoms with E-state index in [-0.39, 0.29) is 18.9 Å². The van der Waals surface area contributed by atoms with Crippen molar-refractivity contribution in [3.63, 3.8) is 0 Å². The molecule has 3 aromatic rings. The number of aliphatic carboxylic acids is 1. The molecule has 1 aliphatic carbocycles. The zero-order chi connectivity index (χ0) is 25.9. The van der Waals surface area contributed by atoms with E-state index in [9.17, 15) is 19.5 Å². The molecular formula is C29H29NO6. The van der Waals surface area contributed by atoms with Crippen molar-refractivity contribution in [2.75, 3.05) is 6.61 Å². The Morgan fingerprint density at radius 3 is 2.11 bits per heavy atom. The number of nitrogens with one attached hydrogen (secondary N) is 1. The van der Waals surface area contributed by atoms with Gasteiger partial charge in [0.2, 0.25) is 0 Å². The van der Waals surface area contributed by atoms with E-state index < -0.39 is 29.7 Å². The van der Waals surface area contributed by atoms with Crippen molar-refractivity contribution in [3.05, 3.63) is 95.1 Å². The number of carbonyl (C=O) groups excluding carboxylic acids is 2. The average molecular weight is 488 g/mol. The number of hydrogen-bond donors (Lipinski definition) is 2. The molecule has 186 valence electrons. The Morgan fingerprint density at radius 1 is 0.917 bits per heavy atom. The SMILES string of the molecule is CC(C)(C)OC(=O)c1cccc(C[C@H](NC(=O)OCC2c3ccccc3-c3ccccc32)C(=O)O)c1. The Bertz CT molecular complexity index is 1250. The van der Waals surface area contributed by atoms with Gasteiger partial charge in [-0.2, -0.15) is 0 Å². The first-order chi connectivity index (χ1) is 17.1. The third-order valence-corrected chi connectivity index (χ3v) is 5.94. The molecule has 3 aromatic carbocycles. The van der Waals surface area contributed by atoms with Crippen molar-refractivity contribution in [2.24, 2.45) is 0 Å². The van der Waals surface area contributed by atoms with E-state index in [1.807, 2.05) is 48.5 Å². The Labute approximate surface area is 210 Å². The Balaban J connectivity index is 1.41. The van der Waals surface area contributed by atoms with Gasteiger partial charge in [-0.1, -0.05) is 60.7 Å². The summed E-state index contributed by atoms with van der Waals surface area (Å²) in [6.45, 7) is 5.40. The van der Waals surface area contributed by atoms with Crippen LogP contribution in [0.25, 0.3) is 11.1 Å². The third-order valence-electron chi connectivity index (χ3n) is 5.94. The number of alkyl carbamates (subject to hydrolysis) is 1. The lowest BCUT2D eigenvalue weighted by Crippen LogP contribution is -2.43. The lowest BCUT2D eigenvalue weighted by molar-refractivity contribution is -0.139. The second-order valence-corrected chi connectivity index (χ2v) is 9.77. The maximum atomic E-state index is 12.6. The van der Waals surface area contributed by atoms with E-state index in [2.05, 4.69) is 5.32 Å². The normalized spacial score (nSPS) is 13.3. The minimum absolute atomic E-state index is 0.0177. The van der Waals surface area contributed by atoms with Gasteiger partial charge in [0.1, 0.15) is 18.2 Å². The lowest BCUT2D eigenvalue weighted by atomic mass is 9.98. The highest BCUT2D eigenvalue weighted by Gasteiger charge is 2.30. The van der Waals surface area contributed by atoms with Crippen LogP contribution < -0.4 is 5.32 Å². The van der Waals surface area contributed by atoms with Crippen molar-refractivity contribution < 1.29 is 29.0 Å². The monoisotopic (exact) mass is 487 g/mol. The van der Waals surface area contributed by atoms with Crippen LogP contribution in [-0.4, -0.2) is 41.4 Å².